The summed E-state index contributed by atoms with van der Waals surface area (Å²) in [4.78, 5) is 37.2. The van der Waals surface area contributed by atoms with Crippen molar-refractivity contribution < 1.29 is 32.3 Å². The number of allylic oxidation sites excluding steroid dienone is 1. The third-order valence-corrected chi connectivity index (χ3v) is 4.07. The van der Waals surface area contributed by atoms with Crippen molar-refractivity contribution in [2.45, 2.75) is 32.1 Å². The van der Waals surface area contributed by atoms with Crippen LogP contribution in [0.25, 0.3) is 0 Å². The van der Waals surface area contributed by atoms with Crippen molar-refractivity contribution in [3.63, 3.8) is 0 Å². The number of alkyl halides is 3. The van der Waals surface area contributed by atoms with Crippen molar-refractivity contribution in [2.24, 2.45) is 0 Å². The van der Waals surface area contributed by atoms with Crippen molar-refractivity contribution in [1.82, 2.24) is 10.2 Å². The van der Waals surface area contributed by atoms with Gasteiger partial charge in [-0.05, 0) is 12.5 Å². The van der Waals surface area contributed by atoms with Crippen LogP contribution in [-0.4, -0.2) is 41.5 Å². The molecule has 2 amide bonds. The number of nitrogens with one attached hydrogen (secondary N) is 1. The number of rotatable bonds is 4. The quantitative estimate of drug-likeness (QED) is 0.822. The molecule has 1 aliphatic heterocycles. The van der Waals surface area contributed by atoms with E-state index in [0.29, 0.717) is 5.56 Å². The minimum absolute atomic E-state index is 0.191. The molecule has 1 aromatic carbocycles. The van der Waals surface area contributed by atoms with Crippen LogP contribution in [-0.2, 0) is 25.7 Å². The summed E-state index contributed by atoms with van der Waals surface area (Å²) in [5, 5.41) is 1.64. The predicted molar refractivity (Wildman–Crippen MR) is 84.3 cm³/mol. The second kappa shape index (κ2) is 6.81. The summed E-state index contributed by atoms with van der Waals surface area (Å²) in [5.74, 6) is -3.90. The average molecular weight is 370 g/mol. The Labute approximate surface area is 147 Å². The summed E-state index contributed by atoms with van der Waals surface area (Å²) in [6, 6.07) is 8.31. The van der Waals surface area contributed by atoms with Crippen molar-refractivity contribution >= 4 is 17.8 Å². The normalized spacial score (nSPS) is 20.4. The maximum absolute atomic E-state index is 14.0. The average Bonchev–Trinajstić information content (AvgIpc) is 2.76. The van der Waals surface area contributed by atoms with Crippen molar-refractivity contribution in [2.75, 3.05) is 7.11 Å². The molecule has 1 heterocycles. The van der Waals surface area contributed by atoms with Crippen LogP contribution in [0, 0.1) is 0 Å². The first-order valence-electron chi connectivity index (χ1n) is 7.57. The van der Waals surface area contributed by atoms with Gasteiger partial charge in [-0.15, -0.1) is 0 Å². The fourth-order valence-corrected chi connectivity index (χ4v) is 2.94. The molecule has 0 spiro atoms. The standard InChI is InChI=1S/C17H17F3N2O4/c1-10-13(14(24)26-3)16(17(18,19)20,21-11(2)23)15(25)22(10)9-12-7-5-4-6-8-12/h4-8H,9H2,1-3H3,(H,21,23). The largest absolute Gasteiger partial charge is 0.466 e. The summed E-state index contributed by atoms with van der Waals surface area (Å²) in [5.41, 5.74) is -4.09. The monoisotopic (exact) mass is 370 g/mol. The number of benzene rings is 1. The van der Waals surface area contributed by atoms with Gasteiger partial charge in [0.25, 0.3) is 5.91 Å². The van der Waals surface area contributed by atoms with Gasteiger partial charge in [0.05, 0.1) is 13.7 Å². The molecule has 0 aromatic heterocycles. The molecule has 1 unspecified atom stereocenters. The Bertz CT molecular complexity index is 774. The molecular formula is C17H17F3N2O4. The van der Waals surface area contributed by atoms with Crippen LogP contribution in [0.3, 0.4) is 0 Å². The Morgan fingerprint density at radius 2 is 1.81 bits per heavy atom. The maximum atomic E-state index is 14.0. The van der Waals surface area contributed by atoms with Gasteiger partial charge in [0.1, 0.15) is 5.57 Å². The van der Waals surface area contributed by atoms with E-state index in [2.05, 4.69) is 4.74 Å². The van der Waals surface area contributed by atoms with E-state index in [1.807, 2.05) is 0 Å². The lowest BCUT2D eigenvalue weighted by molar-refractivity contribution is -0.195. The Morgan fingerprint density at radius 1 is 1.23 bits per heavy atom. The molecule has 0 saturated carbocycles. The van der Waals surface area contributed by atoms with Crippen LogP contribution >= 0.6 is 0 Å². The lowest BCUT2D eigenvalue weighted by Gasteiger charge is -2.32. The molecule has 9 heteroatoms. The molecule has 1 aromatic rings. The lowest BCUT2D eigenvalue weighted by atomic mass is 9.89. The van der Waals surface area contributed by atoms with E-state index in [4.69, 9.17) is 0 Å². The third-order valence-electron chi connectivity index (χ3n) is 4.07. The van der Waals surface area contributed by atoms with E-state index in [9.17, 15) is 27.6 Å². The first-order chi connectivity index (χ1) is 12.1. The third kappa shape index (κ3) is 3.04. The zero-order chi connectivity index (χ0) is 19.7. The van der Waals surface area contributed by atoms with Crippen LogP contribution in [0.1, 0.15) is 19.4 Å². The van der Waals surface area contributed by atoms with E-state index < -0.39 is 35.1 Å². The molecule has 6 nitrogen and oxygen atoms in total. The molecule has 0 bridgehead atoms. The molecule has 1 aliphatic rings. The summed E-state index contributed by atoms with van der Waals surface area (Å²) in [7, 11) is 0.905. The second-order valence-electron chi connectivity index (χ2n) is 5.76. The molecule has 1 atom stereocenters. The van der Waals surface area contributed by atoms with Gasteiger partial charge in [-0.3, -0.25) is 9.59 Å². The highest BCUT2D eigenvalue weighted by molar-refractivity contribution is 6.10. The highest BCUT2D eigenvalue weighted by Crippen LogP contribution is 2.45. The second-order valence-corrected chi connectivity index (χ2v) is 5.76. The van der Waals surface area contributed by atoms with Gasteiger partial charge in [-0.25, -0.2) is 4.79 Å². The number of methoxy groups -OCH3 is 1. The number of esters is 1. The van der Waals surface area contributed by atoms with Gasteiger partial charge in [0.15, 0.2) is 0 Å². The number of hydrogen-bond acceptors (Lipinski definition) is 4. The molecule has 2 rings (SSSR count). The van der Waals surface area contributed by atoms with Gasteiger partial charge in [0, 0.05) is 12.6 Å². The predicted octanol–water partition coefficient (Wildman–Crippen LogP) is 1.91. The van der Waals surface area contributed by atoms with Crippen LogP contribution in [0.4, 0.5) is 13.2 Å². The molecular weight excluding hydrogens is 353 g/mol. The van der Waals surface area contributed by atoms with E-state index in [1.54, 1.807) is 35.6 Å². The number of nitrogens with zero attached hydrogens (tertiary/aromatic N) is 1. The van der Waals surface area contributed by atoms with Gasteiger partial charge < -0.3 is 15.0 Å². The van der Waals surface area contributed by atoms with E-state index >= 15 is 0 Å². The Balaban J connectivity index is 2.65. The zero-order valence-electron chi connectivity index (χ0n) is 14.3. The van der Waals surface area contributed by atoms with Gasteiger partial charge in [-0.2, -0.15) is 13.2 Å². The molecule has 0 fully saturated rings. The number of halogens is 3. The van der Waals surface area contributed by atoms with E-state index in [0.717, 1.165) is 18.9 Å². The fourth-order valence-electron chi connectivity index (χ4n) is 2.94. The molecule has 0 aliphatic carbocycles. The number of carbonyl (C=O) groups excluding carboxylic acids is 3. The minimum Gasteiger partial charge on any atom is -0.466 e. The molecule has 0 saturated heterocycles. The Kier molecular flexibility index (Phi) is 5.11. The number of hydrogen-bond donors (Lipinski definition) is 1. The molecule has 140 valence electrons. The molecule has 1 N–H and O–H groups in total. The van der Waals surface area contributed by atoms with E-state index in [-0.39, 0.29) is 12.2 Å². The summed E-state index contributed by atoms with van der Waals surface area (Å²) < 4.78 is 46.3. The highest BCUT2D eigenvalue weighted by atomic mass is 19.4. The van der Waals surface area contributed by atoms with Crippen LogP contribution in [0.2, 0.25) is 0 Å². The highest BCUT2D eigenvalue weighted by Gasteiger charge is 2.70. The van der Waals surface area contributed by atoms with Crippen molar-refractivity contribution in [3.05, 3.63) is 47.2 Å². The fraction of sp³-hybridized carbons (Fsp3) is 0.353. The van der Waals surface area contributed by atoms with Crippen molar-refractivity contribution in [1.29, 1.82) is 0 Å². The number of ether oxygens (including phenoxy) is 1. The van der Waals surface area contributed by atoms with Crippen LogP contribution in [0.5, 0.6) is 0 Å². The number of amides is 2. The number of carbonyl (C=O) groups is 3. The zero-order valence-corrected chi connectivity index (χ0v) is 14.3. The lowest BCUT2D eigenvalue weighted by Crippen LogP contribution is -2.65. The summed E-state index contributed by atoms with van der Waals surface area (Å²) >= 11 is 0. The summed E-state index contributed by atoms with van der Waals surface area (Å²) in [6.45, 7) is 1.86. The first kappa shape index (κ1) is 19.5. The first-order valence-corrected chi connectivity index (χ1v) is 7.57. The Hall–Kier alpha value is -2.84. The smallest absolute Gasteiger partial charge is 0.425 e. The van der Waals surface area contributed by atoms with Crippen LogP contribution in [0.15, 0.2) is 41.6 Å². The topological polar surface area (TPSA) is 75.7 Å². The van der Waals surface area contributed by atoms with Gasteiger partial charge in [-0.1, -0.05) is 30.3 Å². The SMILES string of the molecule is COC(=O)C1=C(C)N(Cc2ccccc2)C(=O)C1(NC(C)=O)C(F)(F)F. The molecule has 26 heavy (non-hydrogen) atoms. The van der Waals surface area contributed by atoms with Crippen LogP contribution < -0.4 is 5.32 Å². The van der Waals surface area contributed by atoms with Gasteiger partial charge >= 0.3 is 12.1 Å². The van der Waals surface area contributed by atoms with Crippen molar-refractivity contribution in [3.8, 4) is 0 Å². The maximum Gasteiger partial charge on any atom is 0.425 e. The minimum atomic E-state index is -5.24. The summed E-state index contributed by atoms with van der Waals surface area (Å²) in [6.07, 6.45) is -5.24. The van der Waals surface area contributed by atoms with E-state index in [1.165, 1.54) is 6.92 Å². The van der Waals surface area contributed by atoms with Gasteiger partial charge in [0.2, 0.25) is 11.4 Å². The molecule has 0 radical (unpaired) electrons. The Morgan fingerprint density at radius 3 is 2.27 bits per heavy atom.